The second-order valence-electron chi connectivity index (χ2n) is 4.50. The average Bonchev–Trinajstić information content (AvgIpc) is 2.52. The molecule has 0 unspecified atom stereocenters. The van der Waals surface area contributed by atoms with Crippen molar-refractivity contribution < 1.29 is 33.3 Å². The molecule has 0 fully saturated rings. The normalized spacial score (nSPS) is 11.3. The van der Waals surface area contributed by atoms with E-state index in [1.165, 1.54) is 5.56 Å². The van der Waals surface area contributed by atoms with Gasteiger partial charge in [0.05, 0.1) is 5.39 Å². The van der Waals surface area contributed by atoms with Gasteiger partial charge in [0.2, 0.25) is 0 Å². The Kier molecular flexibility index (Phi) is 5.81. The molecule has 0 aliphatic heterocycles. The van der Waals surface area contributed by atoms with E-state index in [0.717, 1.165) is 16.7 Å². The fourth-order valence-corrected chi connectivity index (χ4v) is 1.88. The molecule has 0 amide bonds. The summed E-state index contributed by atoms with van der Waals surface area (Å²) < 4.78 is 39.8. The van der Waals surface area contributed by atoms with Crippen molar-refractivity contribution in [2.75, 3.05) is 0 Å². The van der Waals surface area contributed by atoms with Gasteiger partial charge in [-0.1, -0.05) is 42.5 Å². The minimum absolute atomic E-state index is 0.859. The molecule has 0 aliphatic rings. The van der Waals surface area contributed by atoms with E-state index in [-0.39, 0.29) is 0 Å². The number of para-hydroxylation sites is 1. The Morgan fingerprint density at radius 3 is 2.00 bits per heavy atom. The topological polar surface area (TPSA) is 104 Å². The van der Waals surface area contributed by atoms with Gasteiger partial charge in [-0.3, -0.25) is 0 Å². The van der Waals surface area contributed by atoms with Crippen LogP contribution in [0.2, 0.25) is 0 Å². The third-order valence-electron chi connectivity index (χ3n) is 2.81. The summed E-state index contributed by atoms with van der Waals surface area (Å²) in [6, 6.07) is 22.3. The zero-order chi connectivity index (χ0) is 16.7. The molecule has 0 N–H and O–H groups in total. The summed E-state index contributed by atoms with van der Waals surface area (Å²) in [4.78, 5) is 0. The van der Waals surface area contributed by atoms with Gasteiger partial charge in [0.15, 0.2) is 0 Å². The number of hydrogen-bond acceptors (Lipinski definition) is 4. The van der Waals surface area contributed by atoms with Crippen LogP contribution in [0.25, 0.3) is 23.1 Å². The molecule has 3 rings (SSSR count). The Bertz CT molecular complexity index is 776. The molecule has 2 aromatic carbocycles. The van der Waals surface area contributed by atoms with Crippen LogP contribution in [0.5, 0.6) is 0 Å². The van der Waals surface area contributed by atoms with Crippen LogP contribution in [0.3, 0.4) is 0 Å². The molecule has 3 aromatic rings. The van der Waals surface area contributed by atoms with Crippen molar-refractivity contribution in [2.45, 2.75) is 0 Å². The molecule has 0 radical (unpaired) electrons. The number of hydrogen-bond donors (Lipinski definition) is 0. The average molecular weight is 333 g/mol. The van der Waals surface area contributed by atoms with Crippen molar-refractivity contribution in [3.05, 3.63) is 78.1 Å². The Morgan fingerprint density at radius 2 is 1.30 bits per heavy atom. The Labute approximate surface area is 135 Å². The highest BCUT2D eigenvalue weighted by atomic mass is 35.7. The summed E-state index contributed by atoms with van der Waals surface area (Å²) in [5.41, 5.74) is 2.08. The molecule has 0 saturated heterocycles. The van der Waals surface area contributed by atoms with E-state index in [2.05, 4.69) is 18.2 Å². The van der Waals surface area contributed by atoms with Gasteiger partial charge in [-0.15, -0.1) is 10.2 Å². The first-order valence-corrected chi connectivity index (χ1v) is 7.82. The summed E-state index contributed by atoms with van der Waals surface area (Å²) in [5.74, 6) is 0.859. The first-order valence-electron chi connectivity index (χ1n) is 6.58. The van der Waals surface area contributed by atoms with Crippen LogP contribution in [0.15, 0.2) is 71.1 Å². The van der Waals surface area contributed by atoms with Gasteiger partial charge in [0.25, 0.3) is 0 Å². The molecule has 6 heteroatoms. The van der Waals surface area contributed by atoms with Crippen LogP contribution in [-0.4, -0.2) is 0 Å². The summed E-state index contributed by atoms with van der Waals surface area (Å²) in [5, 5.41) is 1.12. The van der Waals surface area contributed by atoms with Gasteiger partial charge in [0, 0.05) is 18.2 Å². The van der Waals surface area contributed by atoms with Gasteiger partial charge < -0.3 is 0 Å². The molecule has 0 bridgehead atoms. The maximum Gasteiger partial charge on any atom is 0.360 e. The fourth-order valence-electron chi connectivity index (χ4n) is 1.88. The standard InChI is InChI=1S/C17H13O.ClHO4/c1-2-6-14(7-3-1)10-12-16-13-11-15-8-4-5-9-17(15)18-16;2-1(3,4)5/h1-13H;(H,2,3,4,5)/q+1;/p-1. The van der Waals surface area contributed by atoms with E-state index in [4.69, 9.17) is 23.1 Å². The fraction of sp³-hybridized carbons (Fsp3) is 0. The highest BCUT2D eigenvalue weighted by Crippen LogP contribution is 2.17. The number of benzene rings is 2. The Balaban J connectivity index is 0.000000338. The molecule has 23 heavy (non-hydrogen) atoms. The van der Waals surface area contributed by atoms with E-state index in [9.17, 15) is 0 Å². The van der Waals surface area contributed by atoms with Crippen molar-refractivity contribution in [1.29, 1.82) is 0 Å². The summed E-state index contributed by atoms with van der Waals surface area (Å²) in [6.45, 7) is 0. The molecule has 118 valence electrons. The Hall–Kier alpha value is -2.28. The number of rotatable bonds is 2. The highest BCUT2D eigenvalue weighted by Gasteiger charge is 2.07. The van der Waals surface area contributed by atoms with Crippen LogP contribution in [-0.2, 0) is 0 Å². The van der Waals surface area contributed by atoms with Crippen LogP contribution >= 0.6 is 0 Å². The van der Waals surface area contributed by atoms with Gasteiger partial charge in [-0.2, -0.15) is 0 Å². The predicted octanol–water partition coefficient (Wildman–Crippen LogP) is 0.128. The SMILES string of the molecule is C(=Cc1ccc2ccccc2[o+]1)c1ccccc1.[O-][Cl+3]([O-])([O-])[O-]. The lowest BCUT2D eigenvalue weighted by Gasteiger charge is -2.17. The maximum absolute atomic E-state index is 8.49. The van der Waals surface area contributed by atoms with Crippen molar-refractivity contribution in [3.8, 4) is 0 Å². The summed E-state index contributed by atoms with van der Waals surface area (Å²) >= 11 is 0. The van der Waals surface area contributed by atoms with E-state index in [1.807, 2.05) is 60.7 Å². The zero-order valence-electron chi connectivity index (χ0n) is 11.9. The maximum atomic E-state index is 8.49. The molecule has 5 nitrogen and oxygen atoms in total. The number of halogens is 1. The van der Waals surface area contributed by atoms with Gasteiger partial charge in [0.1, 0.15) is 0 Å². The van der Waals surface area contributed by atoms with E-state index >= 15 is 0 Å². The van der Waals surface area contributed by atoms with Crippen LogP contribution in [0.4, 0.5) is 0 Å². The molecular weight excluding hydrogens is 320 g/mol. The second kappa shape index (κ2) is 7.82. The quantitative estimate of drug-likeness (QED) is 0.620. The number of fused-ring (bicyclic) bond motifs is 1. The molecule has 1 aromatic heterocycles. The zero-order valence-corrected chi connectivity index (χ0v) is 12.7. The molecular formula is C17H13ClO5. The molecule has 0 saturated carbocycles. The monoisotopic (exact) mass is 332 g/mol. The van der Waals surface area contributed by atoms with Gasteiger partial charge in [-0.25, -0.2) is 23.1 Å². The van der Waals surface area contributed by atoms with Crippen LogP contribution in [0.1, 0.15) is 11.3 Å². The van der Waals surface area contributed by atoms with Crippen molar-refractivity contribution in [3.63, 3.8) is 0 Å². The third-order valence-corrected chi connectivity index (χ3v) is 2.81. The highest BCUT2D eigenvalue weighted by molar-refractivity contribution is 5.78. The lowest BCUT2D eigenvalue weighted by molar-refractivity contribution is -2.00. The van der Waals surface area contributed by atoms with Crippen LogP contribution < -0.4 is 18.6 Å². The largest absolute Gasteiger partial charge is 0.360 e. The molecule has 0 atom stereocenters. The first kappa shape index (κ1) is 17.1. The van der Waals surface area contributed by atoms with Crippen molar-refractivity contribution in [1.82, 2.24) is 0 Å². The Morgan fingerprint density at radius 1 is 0.696 bits per heavy atom. The van der Waals surface area contributed by atoms with Crippen LogP contribution in [0, 0.1) is 10.2 Å². The van der Waals surface area contributed by atoms with E-state index in [0.29, 0.717) is 0 Å². The van der Waals surface area contributed by atoms with Gasteiger partial charge in [-0.05, 0) is 23.8 Å². The minimum atomic E-state index is -4.94. The van der Waals surface area contributed by atoms with E-state index in [1.54, 1.807) is 0 Å². The predicted molar refractivity (Wildman–Crippen MR) is 76.0 cm³/mol. The summed E-state index contributed by atoms with van der Waals surface area (Å²) in [7, 11) is -4.94. The second-order valence-corrected chi connectivity index (χ2v) is 5.25. The third kappa shape index (κ3) is 6.56. The molecule has 0 aliphatic carbocycles. The first-order chi connectivity index (χ1) is 10.9. The van der Waals surface area contributed by atoms with Crippen molar-refractivity contribution >= 4 is 23.1 Å². The van der Waals surface area contributed by atoms with Crippen molar-refractivity contribution in [2.24, 2.45) is 0 Å². The molecule has 1 heterocycles. The lowest BCUT2D eigenvalue weighted by atomic mass is 10.2. The smallest absolute Gasteiger partial charge is 0.222 e. The minimum Gasteiger partial charge on any atom is -0.222 e. The van der Waals surface area contributed by atoms with Gasteiger partial charge >= 0.3 is 11.3 Å². The lowest BCUT2D eigenvalue weighted by Crippen LogP contribution is -2.68. The molecule has 0 spiro atoms. The van der Waals surface area contributed by atoms with E-state index < -0.39 is 10.2 Å². The summed E-state index contributed by atoms with van der Waals surface area (Å²) in [6.07, 6.45) is 4.04.